The van der Waals surface area contributed by atoms with E-state index in [0.717, 1.165) is 6.26 Å². The fraction of sp³-hybridized carbons (Fsp3) is 0.111. The standard InChI is InChI=1S/C9H8ClN2O3S/c1-5-3-7(12-16(2,14)15)6(4-11)8(10)9(5)13/h3,12-13H,1H2,2H3. The number of aromatic hydroxyl groups is 1. The zero-order valence-electron chi connectivity index (χ0n) is 8.28. The molecule has 0 aliphatic rings. The Labute approximate surface area is 98.3 Å². The Kier molecular flexibility index (Phi) is 3.31. The van der Waals surface area contributed by atoms with Crippen molar-refractivity contribution in [2.45, 2.75) is 0 Å². The molecule has 0 unspecified atom stereocenters. The van der Waals surface area contributed by atoms with Crippen LogP contribution in [0.15, 0.2) is 6.07 Å². The molecule has 0 saturated carbocycles. The van der Waals surface area contributed by atoms with Crippen LogP contribution < -0.4 is 4.72 Å². The summed E-state index contributed by atoms with van der Waals surface area (Å²) in [6, 6.07) is 2.94. The molecule has 5 nitrogen and oxygen atoms in total. The number of hydrogen-bond acceptors (Lipinski definition) is 4. The van der Waals surface area contributed by atoms with E-state index in [4.69, 9.17) is 16.9 Å². The summed E-state index contributed by atoms with van der Waals surface area (Å²) in [7, 11) is -3.53. The van der Waals surface area contributed by atoms with Crippen LogP contribution in [-0.4, -0.2) is 19.8 Å². The van der Waals surface area contributed by atoms with E-state index in [0.29, 0.717) is 0 Å². The van der Waals surface area contributed by atoms with Crippen molar-refractivity contribution >= 4 is 27.3 Å². The molecule has 2 N–H and O–H groups in total. The van der Waals surface area contributed by atoms with Gasteiger partial charge in [0.2, 0.25) is 10.0 Å². The molecule has 1 aromatic rings. The summed E-state index contributed by atoms with van der Waals surface area (Å²) in [5.41, 5.74) is -0.00931. The Hall–Kier alpha value is -1.45. The van der Waals surface area contributed by atoms with Crippen molar-refractivity contribution in [2.24, 2.45) is 0 Å². The minimum atomic E-state index is -3.53. The third kappa shape index (κ3) is 2.56. The van der Waals surface area contributed by atoms with Crippen molar-refractivity contribution in [2.75, 3.05) is 11.0 Å². The van der Waals surface area contributed by atoms with Gasteiger partial charge in [-0.15, -0.1) is 0 Å². The van der Waals surface area contributed by atoms with E-state index in [1.54, 1.807) is 6.07 Å². The van der Waals surface area contributed by atoms with Crippen molar-refractivity contribution in [1.29, 1.82) is 5.26 Å². The first-order valence-corrected chi connectivity index (χ1v) is 6.28. The van der Waals surface area contributed by atoms with E-state index in [1.807, 2.05) is 0 Å². The zero-order chi connectivity index (χ0) is 12.5. The molecule has 1 radical (unpaired) electrons. The Bertz CT molecular complexity index is 575. The highest BCUT2D eigenvalue weighted by Crippen LogP contribution is 2.35. The van der Waals surface area contributed by atoms with Crippen LogP contribution in [0.5, 0.6) is 5.75 Å². The van der Waals surface area contributed by atoms with E-state index in [9.17, 15) is 13.5 Å². The van der Waals surface area contributed by atoms with Crippen LogP contribution in [0.25, 0.3) is 0 Å². The molecule has 1 rings (SSSR count). The highest BCUT2D eigenvalue weighted by Gasteiger charge is 2.16. The third-order valence-corrected chi connectivity index (χ3v) is 2.69. The maximum absolute atomic E-state index is 11.0. The Morgan fingerprint density at radius 2 is 2.19 bits per heavy atom. The van der Waals surface area contributed by atoms with Crippen molar-refractivity contribution in [3.05, 3.63) is 29.1 Å². The van der Waals surface area contributed by atoms with Gasteiger partial charge in [0.25, 0.3) is 0 Å². The number of hydrogen-bond donors (Lipinski definition) is 2. The van der Waals surface area contributed by atoms with E-state index in [2.05, 4.69) is 11.6 Å². The molecule has 0 saturated heterocycles. The summed E-state index contributed by atoms with van der Waals surface area (Å²) in [5, 5.41) is 18.0. The normalized spacial score (nSPS) is 10.9. The fourth-order valence-corrected chi connectivity index (χ4v) is 1.91. The maximum Gasteiger partial charge on any atom is 0.229 e. The molecule has 0 fully saturated rings. The Morgan fingerprint density at radius 1 is 1.62 bits per heavy atom. The zero-order valence-corrected chi connectivity index (χ0v) is 9.85. The van der Waals surface area contributed by atoms with Gasteiger partial charge in [0.15, 0.2) is 0 Å². The first-order chi connectivity index (χ1) is 7.26. The van der Waals surface area contributed by atoms with Gasteiger partial charge in [-0.05, 0) is 18.6 Å². The van der Waals surface area contributed by atoms with E-state index < -0.39 is 10.0 Å². The van der Waals surface area contributed by atoms with Gasteiger partial charge in [-0.25, -0.2) is 8.42 Å². The average molecular weight is 260 g/mol. The number of nitrogens with zero attached hydrogens (tertiary/aromatic N) is 1. The van der Waals surface area contributed by atoms with Crippen molar-refractivity contribution in [1.82, 2.24) is 0 Å². The van der Waals surface area contributed by atoms with Gasteiger partial charge in [-0.3, -0.25) is 4.72 Å². The van der Waals surface area contributed by atoms with E-state index in [-0.39, 0.29) is 27.6 Å². The van der Waals surface area contributed by atoms with Crippen molar-refractivity contribution in [3.8, 4) is 11.8 Å². The van der Waals surface area contributed by atoms with Crippen LogP contribution in [0.3, 0.4) is 0 Å². The third-order valence-electron chi connectivity index (χ3n) is 1.73. The number of nitrogens with one attached hydrogen (secondary N) is 1. The molecule has 7 heteroatoms. The summed E-state index contributed by atoms with van der Waals surface area (Å²) in [5.74, 6) is -0.336. The van der Waals surface area contributed by atoms with E-state index >= 15 is 0 Å². The molecule has 0 amide bonds. The molecule has 0 bridgehead atoms. The smallest absolute Gasteiger partial charge is 0.229 e. The van der Waals surface area contributed by atoms with Gasteiger partial charge in [-0.1, -0.05) is 11.6 Å². The summed E-state index contributed by atoms with van der Waals surface area (Å²) in [4.78, 5) is 0. The summed E-state index contributed by atoms with van der Waals surface area (Å²) in [6.45, 7) is 3.47. The topological polar surface area (TPSA) is 90.2 Å². The lowest BCUT2D eigenvalue weighted by atomic mass is 10.1. The van der Waals surface area contributed by atoms with E-state index in [1.165, 1.54) is 6.07 Å². The second-order valence-corrected chi connectivity index (χ2v) is 5.23. The molecule has 85 valence electrons. The Morgan fingerprint density at radius 3 is 2.62 bits per heavy atom. The molecule has 16 heavy (non-hydrogen) atoms. The van der Waals surface area contributed by atoms with Gasteiger partial charge in [-0.2, -0.15) is 5.26 Å². The molecule has 0 atom stereocenters. The molecule has 1 aromatic carbocycles. The minimum absolute atomic E-state index is 0.00204. The predicted molar refractivity (Wildman–Crippen MR) is 60.8 cm³/mol. The summed E-state index contributed by atoms with van der Waals surface area (Å²) >= 11 is 5.69. The second-order valence-electron chi connectivity index (χ2n) is 3.11. The number of anilines is 1. The number of halogens is 1. The second kappa shape index (κ2) is 4.20. The molecule has 0 aromatic heterocycles. The lowest BCUT2D eigenvalue weighted by Crippen LogP contribution is -2.11. The molecule has 0 aliphatic carbocycles. The average Bonchev–Trinajstić information content (AvgIpc) is 2.12. The Balaban J connectivity index is 3.47. The fourth-order valence-electron chi connectivity index (χ4n) is 1.08. The van der Waals surface area contributed by atoms with Crippen LogP contribution in [-0.2, 0) is 10.0 Å². The predicted octanol–water partition coefficient (Wildman–Crippen LogP) is 1.47. The number of benzene rings is 1. The summed E-state index contributed by atoms with van der Waals surface area (Å²) < 4.78 is 24.2. The van der Waals surface area contributed by atoms with Crippen LogP contribution in [0, 0.1) is 18.3 Å². The number of rotatable bonds is 2. The molecular formula is C9H8ClN2O3S. The van der Waals surface area contributed by atoms with Crippen LogP contribution in [0.4, 0.5) is 5.69 Å². The monoisotopic (exact) mass is 259 g/mol. The quantitative estimate of drug-likeness (QED) is 0.787. The highest BCUT2D eigenvalue weighted by molar-refractivity contribution is 7.92. The molecule has 0 aliphatic heterocycles. The van der Waals surface area contributed by atoms with Gasteiger partial charge < -0.3 is 5.11 Å². The SMILES string of the molecule is [CH2]c1cc(NS(C)(=O)=O)c(C#N)c(Cl)c1O. The lowest BCUT2D eigenvalue weighted by Gasteiger charge is -2.10. The lowest BCUT2D eigenvalue weighted by molar-refractivity contribution is 0.473. The molecular weight excluding hydrogens is 252 g/mol. The van der Waals surface area contributed by atoms with Gasteiger partial charge in [0.1, 0.15) is 16.8 Å². The van der Waals surface area contributed by atoms with Gasteiger partial charge in [0.05, 0.1) is 17.5 Å². The van der Waals surface area contributed by atoms with Crippen LogP contribution >= 0.6 is 11.6 Å². The highest BCUT2D eigenvalue weighted by atomic mass is 35.5. The summed E-state index contributed by atoms with van der Waals surface area (Å²) in [6.07, 6.45) is 0.942. The largest absolute Gasteiger partial charge is 0.506 e. The number of nitriles is 1. The van der Waals surface area contributed by atoms with Crippen molar-refractivity contribution < 1.29 is 13.5 Å². The van der Waals surface area contributed by atoms with Crippen molar-refractivity contribution in [3.63, 3.8) is 0 Å². The maximum atomic E-state index is 11.0. The first-order valence-electron chi connectivity index (χ1n) is 4.01. The molecule has 0 spiro atoms. The number of sulfonamides is 1. The minimum Gasteiger partial charge on any atom is -0.506 e. The van der Waals surface area contributed by atoms with Crippen LogP contribution in [0.1, 0.15) is 11.1 Å². The first kappa shape index (κ1) is 12.6. The molecule has 0 heterocycles. The van der Waals surface area contributed by atoms with Crippen LogP contribution in [0.2, 0.25) is 5.02 Å². The number of phenolic OH excluding ortho intramolecular Hbond substituents is 1. The number of phenols is 1. The van der Waals surface area contributed by atoms with Gasteiger partial charge in [0, 0.05) is 0 Å². The van der Waals surface area contributed by atoms with Gasteiger partial charge >= 0.3 is 0 Å².